The number of aliphatic hydroxyl groups is 1. The number of rotatable bonds is 5. The van der Waals surface area contributed by atoms with Crippen molar-refractivity contribution in [1.29, 1.82) is 0 Å². The van der Waals surface area contributed by atoms with E-state index in [9.17, 15) is 5.11 Å². The van der Waals surface area contributed by atoms with Gasteiger partial charge in [0, 0.05) is 10.9 Å². The van der Waals surface area contributed by atoms with E-state index in [1.807, 2.05) is 48.5 Å². The molecule has 2 aromatic rings. The van der Waals surface area contributed by atoms with Crippen LogP contribution in [0.25, 0.3) is 0 Å². The first-order valence-corrected chi connectivity index (χ1v) is 7.22. The number of nitrogens with two attached hydrogens (primary N) is 1. The van der Waals surface area contributed by atoms with Crippen LogP contribution < -0.4 is 10.5 Å². The van der Waals surface area contributed by atoms with Crippen molar-refractivity contribution in [2.75, 3.05) is 7.11 Å². The van der Waals surface area contributed by atoms with E-state index in [-0.39, 0.29) is 0 Å². The zero-order valence-corrected chi connectivity index (χ0v) is 12.9. The molecule has 0 heterocycles. The van der Waals surface area contributed by atoms with Crippen LogP contribution in [0, 0.1) is 0 Å². The molecule has 106 valence electrons. The van der Waals surface area contributed by atoms with Gasteiger partial charge >= 0.3 is 0 Å². The van der Waals surface area contributed by atoms with Crippen LogP contribution in [0.1, 0.15) is 17.2 Å². The summed E-state index contributed by atoms with van der Waals surface area (Å²) in [6, 6.07) is 14.9. The van der Waals surface area contributed by atoms with Crippen molar-refractivity contribution in [3.8, 4) is 5.75 Å². The molecule has 0 radical (unpaired) electrons. The first kappa shape index (κ1) is 15.0. The lowest BCUT2D eigenvalue weighted by Gasteiger charge is -2.21. The van der Waals surface area contributed by atoms with Gasteiger partial charge in [0.15, 0.2) is 0 Å². The van der Waals surface area contributed by atoms with Gasteiger partial charge in [-0.25, -0.2) is 0 Å². The molecule has 0 unspecified atom stereocenters. The molecular weight excluding hydrogens is 318 g/mol. The smallest absolute Gasteiger partial charge is 0.119 e. The molecule has 0 spiro atoms. The Balaban J connectivity index is 2.16. The number of halogens is 1. The topological polar surface area (TPSA) is 55.5 Å². The van der Waals surface area contributed by atoms with E-state index in [0.717, 1.165) is 21.3 Å². The van der Waals surface area contributed by atoms with E-state index < -0.39 is 12.1 Å². The molecule has 0 bridgehead atoms. The van der Waals surface area contributed by atoms with E-state index in [2.05, 4.69) is 15.9 Å². The normalized spacial score (nSPS) is 13.8. The Hall–Kier alpha value is -1.36. The highest BCUT2D eigenvalue weighted by atomic mass is 79.9. The number of methoxy groups -OCH3 is 1. The van der Waals surface area contributed by atoms with Gasteiger partial charge in [-0.05, 0) is 29.3 Å². The van der Waals surface area contributed by atoms with E-state index in [1.54, 1.807) is 7.11 Å². The zero-order chi connectivity index (χ0) is 14.5. The van der Waals surface area contributed by atoms with Gasteiger partial charge in [-0.2, -0.15) is 0 Å². The number of benzene rings is 2. The van der Waals surface area contributed by atoms with E-state index in [0.29, 0.717) is 6.42 Å². The molecule has 0 aromatic heterocycles. The minimum absolute atomic E-state index is 0.473. The predicted molar refractivity (Wildman–Crippen MR) is 83.8 cm³/mol. The van der Waals surface area contributed by atoms with Crippen molar-refractivity contribution in [3.05, 3.63) is 64.1 Å². The summed E-state index contributed by atoms with van der Waals surface area (Å²) in [5, 5.41) is 10.3. The quantitative estimate of drug-likeness (QED) is 0.882. The monoisotopic (exact) mass is 335 g/mol. The molecular formula is C16H18BrNO2. The van der Waals surface area contributed by atoms with Crippen molar-refractivity contribution in [3.63, 3.8) is 0 Å². The van der Waals surface area contributed by atoms with E-state index in [4.69, 9.17) is 10.5 Å². The van der Waals surface area contributed by atoms with Gasteiger partial charge in [0.25, 0.3) is 0 Å². The zero-order valence-electron chi connectivity index (χ0n) is 11.3. The first-order valence-electron chi connectivity index (χ1n) is 6.43. The third kappa shape index (κ3) is 3.60. The number of ether oxygens (including phenoxy) is 1. The fraction of sp³-hybridized carbons (Fsp3) is 0.250. The maximum absolute atomic E-state index is 10.3. The maximum Gasteiger partial charge on any atom is 0.119 e. The Morgan fingerprint density at radius 3 is 2.55 bits per heavy atom. The first-order chi connectivity index (χ1) is 9.61. The van der Waals surface area contributed by atoms with Gasteiger partial charge in [-0.1, -0.05) is 46.3 Å². The molecule has 0 fully saturated rings. The Morgan fingerprint density at radius 2 is 1.90 bits per heavy atom. The van der Waals surface area contributed by atoms with Crippen LogP contribution in [0.2, 0.25) is 0 Å². The molecule has 4 heteroatoms. The van der Waals surface area contributed by atoms with Crippen LogP contribution in [0.5, 0.6) is 5.75 Å². The number of hydrogen-bond acceptors (Lipinski definition) is 3. The second-order valence-electron chi connectivity index (χ2n) is 4.67. The van der Waals surface area contributed by atoms with E-state index in [1.165, 1.54) is 0 Å². The summed E-state index contributed by atoms with van der Waals surface area (Å²) < 4.78 is 6.07. The molecule has 0 aliphatic rings. The summed E-state index contributed by atoms with van der Waals surface area (Å²) in [7, 11) is 1.61. The molecule has 2 atom stereocenters. The molecule has 2 aromatic carbocycles. The summed E-state index contributed by atoms with van der Waals surface area (Å²) in [6.45, 7) is 0. The van der Waals surface area contributed by atoms with Crippen LogP contribution in [0.3, 0.4) is 0 Å². The molecule has 0 saturated heterocycles. The second kappa shape index (κ2) is 6.88. The van der Waals surface area contributed by atoms with Crippen LogP contribution in [0.4, 0.5) is 0 Å². The third-order valence-corrected chi connectivity index (χ3v) is 3.99. The Morgan fingerprint density at radius 1 is 1.20 bits per heavy atom. The largest absolute Gasteiger partial charge is 0.497 e. The van der Waals surface area contributed by atoms with Crippen molar-refractivity contribution in [2.45, 2.75) is 18.6 Å². The summed E-state index contributed by atoms with van der Waals surface area (Å²) >= 11 is 3.47. The van der Waals surface area contributed by atoms with Gasteiger partial charge in [0.1, 0.15) is 5.75 Å². The number of aliphatic hydroxyl groups excluding tert-OH is 1. The summed E-state index contributed by atoms with van der Waals surface area (Å²) in [6.07, 6.45) is -0.133. The standard InChI is InChI=1S/C16H18BrNO2/c1-20-12-7-8-14(17)13(10-12)16(18)15(19)9-11-5-3-2-4-6-11/h2-8,10,15-16,19H,9,18H2,1H3/t15-,16+/m0/s1. The van der Waals surface area contributed by atoms with Crippen molar-refractivity contribution in [1.82, 2.24) is 0 Å². The average molecular weight is 336 g/mol. The highest BCUT2D eigenvalue weighted by Crippen LogP contribution is 2.29. The van der Waals surface area contributed by atoms with Gasteiger partial charge in [0.2, 0.25) is 0 Å². The van der Waals surface area contributed by atoms with Gasteiger partial charge in [0.05, 0.1) is 19.3 Å². The van der Waals surface area contributed by atoms with Gasteiger partial charge < -0.3 is 15.6 Å². The maximum atomic E-state index is 10.3. The Bertz CT molecular complexity index is 560. The second-order valence-corrected chi connectivity index (χ2v) is 5.52. The third-order valence-electron chi connectivity index (χ3n) is 3.26. The summed E-state index contributed by atoms with van der Waals surface area (Å²) in [5.41, 5.74) is 8.08. The molecule has 2 rings (SSSR count). The highest BCUT2D eigenvalue weighted by Gasteiger charge is 2.20. The molecule has 0 aliphatic heterocycles. The van der Waals surface area contributed by atoms with E-state index >= 15 is 0 Å². The lowest BCUT2D eigenvalue weighted by atomic mass is 9.97. The Kier molecular flexibility index (Phi) is 5.17. The molecule has 3 N–H and O–H groups in total. The van der Waals surface area contributed by atoms with Crippen molar-refractivity contribution >= 4 is 15.9 Å². The summed E-state index contributed by atoms with van der Waals surface area (Å²) in [4.78, 5) is 0. The SMILES string of the molecule is COc1ccc(Br)c([C@@H](N)[C@@H](O)Cc2ccccc2)c1. The molecule has 20 heavy (non-hydrogen) atoms. The van der Waals surface area contributed by atoms with Crippen LogP contribution in [-0.2, 0) is 6.42 Å². The lowest BCUT2D eigenvalue weighted by Crippen LogP contribution is -2.28. The average Bonchev–Trinajstić information content (AvgIpc) is 2.48. The van der Waals surface area contributed by atoms with Gasteiger partial charge in [-0.15, -0.1) is 0 Å². The highest BCUT2D eigenvalue weighted by molar-refractivity contribution is 9.10. The van der Waals surface area contributed by atoms with Crippen molar-refractivity contribution in [2.24, 2.45) is 5.73 Å². The minimum atomic E-state index is -0.652. The van der Waals surface area contributed by atoms with Crippen LogP contribution in [-0.4, -0.2) is 18.3 Å². The lowest BCUT2D eigenvalue weighted by molar-refractivity contribution is 0.144. The Labute approximate surface area is 127 Å². The van der Waals surface area contributed by atoms with Gasteiger partial charge in [-0.3, -0.25) is 0 Å². The minimum Gasteiger partial charge on any atom is -0.497 e. The fourth-order valence-corrected chi connectivity index (χ4v) is 2.61. The van der Waals surface area contributed by atoms with Crippen molar-refractivity contribution < 1.29 is 9.84 Å². The number of hydrogen-bond donors (Lipinski definition) is 2. The van der Waals surface area contributed by atoms with Crippen LogP contribution in [0.15, 0.2) is 53.0 Å². The molecule has 0 saturated carbocycles. The molecule has 0 amide bonds. The predicted octanol–water partition coefficient (Wildman–Crippen LogP) is 3.06. The van der Waals surface area contributed by atoms with Crippen LogP contribution >= 0.6 is 15.9 Å². The molecule has 0 aliphatic carbocycles. The fourth-order valence-electron chi connectivity index (χ4n) is 2.09. The molecule has 3 nitrogen and oxygen atoms in total. The summed E-state index contributed by atoms with van der Waals surface area (Å²) in [5.74, 6) is 0.727.